The molecular weight excluding hydrogens is 386 g/mol. The standard InChI is InChI=1S/C20H10F2N2O3S/c1-2-7-24-18-13(22)8-11(21)9-17(18)28-20(24)23-19(26)16-10-14(25)12-5-3-4-6-15(12)27-16/h1,3-6,8-10H,7H2. The van der Waals surface area contributed by atoms with Crippen LogP contribution >= 0.6 is 11.3 Å². The fourth-order valence-electron chi connectivity index (χ4n) is 2.80. The lowest BCUT2D eigenvalue weighted by Crippen LogP contribution is -2.17. The van der Waals surface area contributed by atoms with Gasteiger partial charge >= 0.3 is 5.91 Å². The van der Waals surface area contributed by atoms with E-state index in [1.165, 1.54) is 4.57 Å². The van der Waals surface area contributed by atoms with Crippen molar-refractivity contribution in [3.8, 4) is 12.3 Å². The van der Waals surface area contributed by atoms with E-state index in [1.807, 2.05) is 0 Å². The van der Waals surface area contributed by atoms with E-state index in [9.17, 15) is 18.4 Å². The summed E-state index contributed by atoms with van der Waals surface area (Å²) in [6.45, 7) is -0.0731. The molecule has 0 aliphatic rings. The van der Waals surface area contributed by atoms with E-state index in [1.54, 1.807) is 24.3 Å². The van der Waals surface area contributed by atoms with Crippen LogP contribution in [0.2, 0.25) is 0 Å². The van der Waals surface area contributed by atoms with Gasteiger partial charge in [-0.05, 0) is 18.2 Å². The number of fused-ring (bicyclic) bond motifs is 2. The number of thiazole rings is 1. The maximum absolute atomic E-state index is 14.2. The molecule has 0 spiro atoms. The summed E-state index contributed by atoms with van der Waals surface area (Å²) >= 11 is 0.903. The first kappa shape index (κ1) is 17.8. The summed E-state index contributed by atoms with van der Waals surface area (Å²) in [4.78, 5) is 28.7. The maximum atomic E-state index is 14.2. The monoisotopic (exact) mass is 396 g/mol. The first-order valence-corrected chi connectivity index (χ1v) is 8.83. The second kappa shape index (κ2) is 6.87. The molecule has 5 nitrogen and oxygen atoms in total. The number of terminal acetylenes is 1. The van der Waals surface area contributed by atoms with E-state index in [0.717, 1.165) is 29.5 Å². The number of carbonyl (C=O) groups is 1. The highest BCUT2D eigenvalue weighted by Crippen LogP contribution is 2.22. The van der Waals surface area contributed by atoms with Crippen molar-refractivity contribution in [2.45, 2.75) is 6.54 Å². The molecule has 0 atom stereocenters. The highest BCUT2D eigenvalue weighted by atomic mass is 32.1. The number of benzene rings is 2. The third kappa shape index (κ3) is 3.02. The normalized spacial score (nSPS) is 11.8. The third-order valence-electron chi connectivity index (χ3n) is 3.99. The zero-order chi connectivity index (χ0) is 19.8. The van der Waals surface area contributed by atoms with E-state index >= 15 is 0 Å². The van der Waals surface area contributed by atoms with Crippen LogP contribution in [0.4, 0.5) is 8.78 Å². The minimum atomic E-state index is -0.832. The van der Waals surface area contributed by atoms with Crippen LogP contribution in [0.15, 0.2) is 56.7 Å². The van der Waals surface area contributed by atoms with Crippen molar-refractivity contribution in [1.82, 2.24) is 4.57 Å². The minimum Gasteiger partial charge on any atom is -0.451 e. The molecular formula is C20H10F2N2O3S. The van der Waals surface area contributed by atoms with E-state index in [0.29, 0.717) is 5.39 Å². The summed E-state index contributed by atoms with van der Waals surface area (Å²) in [5.41, 5.74) is -0.0910. The van der Waals surface area contributed by atoms with Gasteiger partial charge in [0.15, 0.2) is 21.8 Å². The summed E-state index contributed by atoms with van der Waals surface area (Å²) in [7, 11) is 0. The molecule has 0 aliphatic heterocycles. The van der Waals surface area contributed by atoms with Crippen LogP contribution in [0, 0.1) is 24.0 Å². The van der Waals surface area contributed by atoms with Gasteiger partial charge < -0.3 is 8.98 Å². The molecule has 28 heavy (non-hydrogen) atoms. The number of rotatable bonds is 2. The Bertz CT molecular complexity index is 1420. The highest BCUT2D eigenvalue weighted by Gasteiger charge is 2.16. The third-order valence-corrected chi connectivity index (χ3v) is 5.01. The first-order valence-electron chi connectivity index (χ1n) is 8.01. The van der Waals surface area contributed by atoms with Gasteiger partial charge in [-0.25, -0.2) is 8.78 Å². The summed E-state index contributed by atoms with van der Waals surface area (Å²) in [5.74, 6) is -0.306. The Labute approximate surface area is 160 Å². The average Bonchev–Trinajstić information content (AvgIpc) is 2.99. The molecule has 0 unspecified atom stereocenters. The Morgan fingerprint density at radius 2 is 2.04 bits per heavy atom. The number of hydrogen-bond donors (Lipinski definition) is 0. The van der Waals surface area contributed by atoms with Gasteiger partial charge in [-0.2, -0.15) is 4.99 Å². The Balaban J connectivity index is 1.91. The number of halogens is 2. The van der Waals surface area contributed by atoms with E-state index in [4.69, 9.17) is 10.8 Å². The van der Waals surface area contributed by atoms with Crippen molar-refractivity contribution in [2.24, 2.45) is 4.99 Å². The summed E-state index contributed by atoms with van der Waals surface area (Å²) in [6.07, 6.45) is 5.33. The van der Waals surface area contributed by atoms with Crippen molar-refractivity contribution >= 4 is 38.4 Å². The van der Waals surface area contributed by atoms with Gasteiger partial charge in [0.25, 0.3) is 0 Å². The second-order valence-electron chi connectivity index (χ2n) is 5.80. The molecule has 1 amide bonds. The van der Waals surface area contributed by atoms with Gasteiger partial charge in [-0.15, -0.1) is 6.42 Å². The highest BCUT2D eigenvalue weighted by molar-refractivity contribution is 7.16. The van der Waals surface area contributed by atoms with Gasteiger partial charge in [0.2, 0.25) is 0 Å². The topological polar surface area (TPSA) is 64.6 Å². The molecule has 0 saturated carbocycles. The Morgan fingerprint density at radius 3 is 2.82 bits per heavy atom. The molecule has 0 fully saturated rings. The molecule has 4 aromatic rings. The van der Waals surface area contributed by atoms with Crippen LogP contribution in [0.1, 0.15) is 10.6 Å². The lowest BCUT2D eigenvalue weighted by Gasteiger charge is -2.01. The van der Waals surface area contributed by atoms with Crippen LogP contribution in [0.3, 0.4) is 0 Å². The van der Waals surface area contributed by atoms with Gasteiger partial charge in [-0.3, -0.25) is 9.59 Å². The first-order chi connectivity index (χ1) is 13.5. The van der Waals surface area contributed by atoms with Gasteiger partial charge in [-0.1, -0.05) is 29.4 Å². The fraction of sp³-hybridized carbons (Fsp3) is 0.0500. The predicted octanol–water partition coefficient (Wildman–Crippen LogP) is 3.46. The van der Waals surface area contributed by atoms with Crippen LogP contribution in [0.25, 0.3) is 21.2 Å². The summed E-state index contributed by atoms with van der Waals surface area (Å²) in [5, 5.41) is 0.334. The largest absolute Gasteiger partial charge is 0.451 e. The lowest BCUT2D eigenvalue weighted by molar-refractivity contribution is 0.0972. The smallest absolute Gasteiger partial charge is 0.315 e. The molecule has 0 N–H and O–H groups in total. The van der Waals surface area contributed by atoms with Crippen molar-refractivity contribution in [3.63, 3.8) is 0 Å². The molecule has 0 aliphatic carbocycles. The average molecular weight is 396 g/mol. The van der Waals surface area contributed by atoms with Gasteiger partial charge in [0.1, 0.15) is 11.4 Å². The molecule has 0 bridgehead atoms. The van der Waals surface area contributed by atoms with Crippen LogP contribution in [-0.2, 0) is 6.54 Å². The molecule has 2 heterocycles. The molecule has 0 saturated heterocycles. The van der Waals surface area contributed by atoms with Gasteiger partial charge in [0, 0.05) is 12.1 Å². The number of carbonyl (C=O) groups excluding carboxylic acids is 1. The maximum Gasteiger partial charge on any atom is 0.315 e. The Kier molecular flexibility index (Phi) is 4.37. The van der Waals surface area contributed by atoms with Crippen molar-refractivity contribution < 1.29 is 18.0 Å². The fourth-order valence-corrected chi connectivity index (χ4v) is 3.87. The number of hydrogen-bond acceptors (Lipinski definition) is 4. The predicted molar refractivity (Wildman–Crippen MR) is 101 cm³/mol. The minimum absolute atomic E-state index is 0.0517. The molecule has 138 valence electrons. The quantitative estimate of drug-likeness (QED) is 0.488. The van der Waals surface area contributed by atoms with Crippen LogP contribution in [0.5, 0.6) is 0 Å². The zero-order valence-corrected chi connectivity index (χ0v) is 14.9. The van der Waals surface area contributed by atoms with Crippen LogP contribution < -0.4 is 10.2 Å². The molecule has 2 aromatic carbocycles. The number of nitrogens with zero attached hydrogens (tertiary/aromatic N) is 2. The number of aromatic nitrogens is 1. The van der Waals surface area contributed by atoms with E-state index in [-0.39, 0.29) is 38.3 Å². The molecule has 2 aromatic heterocycles. The summed E-state index contributed by atoms with van der Waals surface area (Å²) in [6, 6.07) is 9.40. The SMILES string of the molecule is C#CCn1c(=NC(=O)c2cc(=O)c3ccccc3o2)sc2cc(F)cc(F)c21. The van der Waals surface area contributed by atoms with Crippen molar-refractivity contribution in [3.05, 3.63) is 74.9 Å². The van der Waals surface area contributed by atoms with E-state index < -0.39 is 17.5 Å². The Morgan fingerprint density at radius 1 is 1.25 bits per heavy atom. The molecule has 8 heteroatoms. The van der Waals surface area contributed by atoms with Crippen molar-refractivity contribution in [1.29, 1.82) is 0 Å². The molecule has 0 radical (unpaired) electrons. The molecule has 4 rings (SSSR count). The van der Waals surface area contributed by atoms with E-state index in [2.05, 4.69) is 10.9 Å². The van der Waals surface area contributed by atoms with Crippen LogP contribution in [-0.4, -0.2) is 10.5 Å². The summed E-state index contributed by atoms with van der Waals surface area (Å²) < 4.78 is 34.8. The second-order valence-corrected chi connectivity index (χ2v) is 6.81. The van der Waals surface area contributed by atoms with Gasteiger partial charge in [0.05, 0.1) is 22.1 Å². The lowest BCUT2D eigenvalue weighted by atomic mass is 10.2. The number of para-hydroxylation sites is 1. The van der Waals surface area contributed by atoms with Crippen molar-refractivity contribution in [2.75, 3.05) is 0 Å². The zero-order valence-electron chi connectivity index (χ0n) is 14.1. The number of amides is 1. The Hall–Kier alpha value is -3.57.